The van der Waals surface area contributed by atoms with Gasteiger partial charge in [0.05, 0.1) is 19.0 Å². The van der Waals surface area contributed by atoms with Crippen LogP contribution in [0.3, 0.4) is 0 Å². The number of carbonyl (C=O) groups is 2. The number of hydrogen-bond acceptors (Lipinski definition) is 3. The number of carbonyl (C=O) groups excluding carboxylic acids is 2. The van der Waals surface area contributed by atoms with Crippen molar-refractivity contribution in [2.45, 2.75) is 38.9 Å². The van der Waals surface area contributed by atoms with E-state index in [-0.39, 0.29) is 24.0 Å². The zero-order valence-electron chi connectivity index (χ0n) is 13.7. The minimum absolute atomic E-state index is 0.00736. The van der Waals surface area contributed by atoms with Crippen LogP contribution in [-0.2, 0) is 17.8 Å². The van der Waals surface area contributed by atoms with E-state index in [2.05, 4.69) is 21.0 Å². The molecule has 0 aliphatic carbocycles. The molecule has 0 spiro atoms. The summed E-state index contributed by atoms with van der Waals surface area (Å²) in [5.41, 5.74) is 2.80. The van der Waals surface area contributed by atoms with E-state index in [1.807, 2.05) is 44.3 Å². The van der Waals surface area contributed by atoms with Gasteiger partial charge in [0, 0.05) is 24.1 Å². The summed E-state index contributed by atoms with van der Waals surface area (Å²) in [5.74, 6) is 0.00736. The molecule has 1 aromatic heterocycles. The number of hydrogen-bond donors (Lipinski definition) is 3. The summed E-state index contributed by atoms with van der Waals surface area (Å²) >= 11 is 0. The van der Waals surface area contributed by atoms with Crippen molar-refractivity contribution in [3.05, 3.63) is 47.8 Å². The highest BCUT2D eigenvalue weighted by atomic mass is 16.2. The molecule has 0 saturated heterocycles. The van der Waals surface area contributed by atoms with Crippen molar-refractivity contribution in [3.8, 4) is 0 Å². The van der Waals surface area contributed by atoms with Gasteiger partial charge in [0.25, 0.3) is 0 Å². The van der Waals surface area contributed by atoms with Gasteiger partial charge in [0.15, 0.2) is 0 Å². The first kappa shape index (κ1) is 16.0. The smallest absolute Gasteiger partial charge is 0.315 e. The fourth-order valence-corrected chi connectivity index (χ4v) is 2.80. The molecule has 7 nitrogen and oxygen atoms in total. The number of anilines is 1. The first-order chi connectivity index (χ1) is 11.5. The van der Waals surface area contributed by atoms with Crippen LogP contribution in [0.25, 0.3) is 0 Å². The van der Waals surface area contributed by atoms with Gasteiger partial charge in [-0.2, -0.15) is 5.10 Å². The van der Waals surface area contributed by atoms with Crippen LogP contribution in [0.5, 0.6) is 0 Å². The lowest BCUT2D eigenvalue weighted by Gasteiger charge is -2.19. The SMILES string of the molecule is C[C@H](NC(=O)N[C@@H](C)Cn1cccn1)c1ccc2c(c1)CC(=O)N2. The van der Waals surface area contributed by atoms with Crippen molar-refractivity contribution >= 4 is 17.6 Å². The number of urea groups is 1. The minimum atomic E-state index is -0.225. The third-order valence-corrected chi connectivity index (χ3v) is 4.00. The standard InChI is InChI=1S/C17H21N5O2/c1-11(10-22-7-3-6-18-22)19-17(24)20-12(2)13-4-5-15-14(8-13)9-16(23)21-15/h3-8,11-12H,9-10H2,1-2H3,(H,21,23)(H2,19,20,24)/t11-,12-/m0/s1. The van der Waals surface area contributed by atoms with Crippen molar-refractivity contribution in [2.75, 3.05) is 5.32 Å². The van der Waals surface area contributed by atoms with Crippen LogP contribution < -0.4 is 16.0 Å². The fraction of sp³-hybridized carbons (Fsp3) is 0.353. The molecule has 126 valence electrons. The summed E-state index contributed by atoms with van der Waals surface area (Å²) in [7, 11) is 0. The number of aromatic nitrogens is 2. The van der Waals surface area contributed by atoms with Crippen LogP contribution in [0.1, 0.15) is 31.0 Å². The summed E-state index contributed by atoms with van der Waals surface area (Å²) in [5, 5.41) is 12.8. The van der Waals surface area contributed by atoms with E-state index in [1.165, 1.54) is 0 Å². The molecule has 3 rings (SSSR count). The number of nitrogens with one attached hydrogen (secondary N) is 3. The number of fused-ring (bicyclic) bond motifs is 1. The maximum absolute atomic E-state index is 12.1. The molecule has 0 saturated carbocycles. The molecule has 0 radical (unpaired) electrons. The van der Waals surface area contributed by atoms with Crippen LogP contribution in [-0.4, -0.2) is 27.8 Å². The zero-order chi connectivity index (χ0) is 17.1. The largest absolute Gasteiger partial charge is 0.334 e. The maximum Gasteiger partial charge on any atom is 0.315 e. The Labute approximate surface area is 140 Å². The number of amides is 3. The van der Waals surface area contributed by atoms with Crippen LogP contribution >= 0.6 is 0 Å². The van der Waals surface area contributed by atoms with E-state index in [0.29, 0.717) is 13.0 Å². The van der Waals surface area contributed by atoms with Gasteiger partial charge in [-0.05, 0) is 37.1 Å². The predicted octanol–water partition coefficient (Wildman–Crippen LogP) is 1.83. The van der Waals surface area contributed by atoms with E-state index in [1.54, 1.807) is 10.9 Å². The quantitative estimate of drug-likeness (QED) is 0.783. The predicted molar refractivity (Wildman–Crippen MR) is 90.5 cm³/mol. The molecule has 24 heavy (non-hydrogen) atoms. The lowest BCUT2D eigenvalue weighted by molar-refractivity contribution is -0.115. The maximum atomic E-state index is 12.1. The summed E-state index contributed by atoms with van der Waals surface area (Å²) in [6.07, 6.45) is 3.96. The van der Waals surface area contributed by atoms with E-state index in [4.69, 9.17) is 0 Å². The van der Waals surface area contributed by atoms with Crippen molar-refractivity contribution in [3.63, 3.8) is 0 Å². The fourth-order valence-electron chi connectivity index (χ4n) is 2.80. The van der Waals surface area contributed by atoms with Crippen LogP contribution in [0, 0.1) is 0 Å². The van der Waals surface area contributed by atoms with Gasteiger partial charge in [-0.15, -0.1) is 0 Å². The average Bonchev–Trinajstić information content (AvgIpc) is 3.13. The first-order valence-electron chi connectivity index (χ1n) is 7.98. The van der Waals surface area contributed by atoms with Gasteiger partial charge < -0.3 is 16.0 Å². The van der Waals surface area contributed by atoms with Crippen molar-refractivity contribution < 1.29 is 9.59 Å². The molecule has 2 atom stereocenters. The third-order valence-electron chi connectivity index (χ3n) is 4.00. The molecule has 0 bridgehead atoms. The highest BCUT2D eigenvalue weighted by molar-refractivity contribution is 5.99. The summed E-state index contributed by atoms with van der Waals surface area (Å²) in [4.78, 5) is 23.5. The molecule has 3 N–H and O–H groups in total. The molecule has 7 heteroatoms. The Morgan fingerprint density at radius 3 is 2.96 bits per heavy atom. The van der Waals surface area contributed by atoms with E-state index in [0.717, 1.165) is 16.8 Å². The molecule has 0 fully saturated rings. The summed E-state index contributed by atoms with van der Waals surface area (Å²) in [6.45, 7) is 4.46. The molecular weight excluding hydrogens is 306 g/mol. The Balaban J connectivity index is 1.54. The second kappa shape index (κ2) is 6.74. The molecule has 2 heterocycles. The Morgan fingerprint density at radius 2 is 2.21 bits per heavy atom. The van der Waals surface area contributed by atoms with Gasteiger partial charge in [0.1, 0.15) is 0 Å². The molecule has 3 amide bonds. The molecular formula is C17H21N5O2. The van der Waals surface area contributed by atoms with Crippen molar-refractivity contribution in [2.24, 2.45) is 0 Å². The highest BCUT2D eigenvalue weighted by Gasteiger charge is 2.19. The monoisotopic (exact) mass is 327 g/mol. The van der Waals surface area contributed by atoms with E-state index >= 15 is 0 Å². The molecule has 1 aliphatic heterocycles. The molecule has 0 unspecified atom stereocenters. The normalized spacial score (nSPS) is 15.3. The Morgan fingerprint density at radius 1 is 1.38 bits per heavy atom. The summed E-state index contributed by atoms with van der Waals surface area (Å²) < 4.78 is 1.78. The molecule has 1 aliphatic rings. The highest BCUT2D eigenvalue weighted by Crippen LogP contribution is 2.26. The topological polar surface area (TPSA) is 88.1 Å². The number of benzene rings is 1. The Hall–Kier alpha value is -2.83. The van der Waals surface area contributed by atoms with Crippen LogP contribution in [0.4, 0.5) is 10.5 Å². The van der Waals surface area contributed by atoms with Crippen LogP contribution in [0.2, 0.25) is 0 Å². The summed E-state index contributed by atoms with van der Waals surface area (Å²) in [6, 6.07) is 7.20. The lowest BCUT2D eigenvalue weighted by atomic mass is 10.0. The van der Waals surface area contributed by atoms with Gasteiger partial charge in [-0.1, -0.05) is 12.1 Å². The second-order valence-electron chi connectivity index (χ2n) is 6.11. The zero-order valence-corrected chi connectivity index (χ0v) is 13.7. The molecule has 2 aromatic rings. The van der Waals surface area contributed by atoms with Gasteiger partial charge in [0.2, 0.25) is 5.91 Å². The lowest BCUT2D eigenvalue weighted by Crippen LogP contribution is -2.43. The molecule has 1 aromatic carbocycles. The van der Waals surface area contributed by atoms with Crippen molar-refractivity contribution in [1.29, 1.82) is 0 Å². The second-order valence-corrected chi connectivity index (χ2v) is 6.11. The Bertz CT molecular complexity index is 741. The minimum Gasteiger partial charge on any atom is -0.334 e. The van der Waals surface area contributed by atoms with Crippen LogP contribution in [0.15, 0.2) is 36.7 Å². The van der Waals surface area contributed by atoms with Gasteiger partial charge >= 0.3 is 6.03 Å². The average molecular weight is 327 g/mol. The number of nitrogens with zero attached hydrogens (tertiary/aromatic N) is 2. The van der Waals surface area contributed by atoms with Gasteiger partial charge in [-0.3, -0.25) is 9.48 Å². The Kier molecular flexibility index (Phi) is 4.50. The first-order valence-corrected chi connectivity index (χ1v) is 7.98. The van der Waals surface area contributed by atoms with Gasteiger partial charge in [-0.25, -0.2) is 4.79 Å². The number of rotatable bonds is 5. The van der Waals surface area contributed by atoms with E-state index < -0.39 is 0 Å². The third kappa shape index (κ3) is 3.73. The van der Waals surface area contributed by atoms with E-state index in [9.17, 15) is 9.59 Å². The van der Waals surface area contributed by atoms with Crippen molar-refractivity contribution in [1.82, 2.24) is 20.4 Å².